The Kier molecular flexibility index (Phi) is 7.66. The third kappa shape index (κ3) is 4.84. The maximum Gasteiger partial charge on any atom is 0.338 e. The van der Waals surface area contributed by atoms with Crippen LogP contribution in [-0.4, -0.2) is 35.3 Å². The number of thiazole rings is 1. The van der Waals surface area contributed by atoms with Gasteiger partial charge in [0.25, 0.3) is 5.56 Å². The van der Waals surface area contributed by atoms with Crippen LogP contribution in [0.15, 0.2) is 81.7 Å². The Labute approximate surface area is 234 Å². The number of carboxylic acid groups (broad SMARTS) is 1. The van der Waals surface area contributed by atoms with Crippen molar-refractivity contribution in [2.45, 2.75) is 32.7 Å². The summed E-state index contributed by atoms with van der Waals surface area (Å²) < 4.78 is 13.3. The van der Waals surface area contributed by atoms with Crippen molar-refractivity contribution in [3.05, 3.63) is 108 Å². The van der Waals surface area contributed by atoms with Crippen LogP contribution in [0.5, 0.6) is 5.75 Å². The number of aromatic nitrogens is 1. The maximum atomic E-state index is 14.1. The Morgan fingerprint density at radius 3 is 2.50 bits per heavy atom. The number of fused-ring (bicyclic) bond motifs is 2. The average Bonchev–Trinajstić information content (AvgIpc) is 3.26. The predicted octanol–water partition coefficient (Wildman–Crippen LogP) is 4.44. The first-order chi connectivity index (χ1) is 19.4. The van der Waals surface area contributed by atoms with Crippen LogP contribution in [0.2, 0.25) is 0 Å². The third-order valence-electron chi connectivity index (χ3n) is 6.77. The van der Waals surface area contributed by atoms with E-state index in [0.29, 0.717) is 43.9 Å². The fraction of sp³-hybridized carbons (Fsp3) is 0.226. The van der Waals surface area contributed by atoms with Crippen molar-refractivity contribution in [3.63, 3.8) is 0 Å². The van der Waals surface area contributed by atoms with Crippen molar-refractivity contribution >= 4 is 40.1 Å². The topological polar surface area (TPSA) is 107 Å². The van der Waals surface area contributed by atoms with E-state index in [1.54, 1.807) is 36.8 Å². The molecule has 9 heteroatoms. The van der Waals surface area contributed by atoms with Crippen molar-refractivity contribution in [2.24, 2.45) is 4.99 Å². The number of carbonyl (C=O) groups excluding carboxylic acids is 1. The van der Waals surface area contributed by atoms with E-state index in [1.165, 1.54) is 23.5 Å². The maximum absolute atomic E-state index is 14.1. The highest BCUT2D eigenvalue weighted by Crippen LogP contribution is 2.41. The van der Waals surface area contributed by atoms with Crippen molar-refractivity contribution in [1.29, 1.82) is 0 Å². The van der Waals surface area contributed by atoms with E-state index >= 15 is 0 Å². The molecule has 0 bridgehead atoms. The van der Waals surface area contributed by atoms with Gasteiger partial charge in [-0.15, -0.1) is 0 Å². The van der Waals surface area contributed by atoms with Crippen molar-refractivity contribution in [1.82, 2.24) is 4.57 Å². The molecule has 0 amide bonds. The summed E-state index contributed by atoms with van der Waals surface area (Å²) in [5, 5.41) is 11.0. The molecule has 1 aliphatic rings. The highest BCUT2D eigenvalue weighted by atomic mass is 32.1. The van der Waals surface area contributed by atoms with Gasteiger partial charge in [-0.2, -0.15) is 0 Å². The zero-order valence-corrected chi connectivity index (χ0v) is 23.2. The Bertz CT molecular complexity index is 1830. The molecule has 1 atom stereocenters. The first kappa shape index (κ1) is 27.1. The minimum atomic E-state index is -1.02. The second-order valence-electron chi connectivity index (χ2n) is 9.24. The van der Waals surface area contributed by atoms with Gasteiger partial charge in [0, 0.05) is 5.56 Å². The van der Waals surface area contributed by atoms with E-state index in [0.717, 1.165) is 17.2 Å². The second-order valence-corrected chi connectivity index (χ2v) is 10.3. The van der Waals surface area contributed by atoms with Crippen molar-refractivity contribution < 1.29 is 24.2 Å². The number of hydrogen-bond donors (Lipinski definition) is 1. The third-order valence-corrected chi connectivity index (χ3v) is 7.75. The number of esters is 1. The van der Waals surface area contributed by atoms with Crippen LogP contribution in [0, 0.1) is 0 Å². The number of rotatable bonds is 8. The smallest absolute Gasteiger partial charge is 0.338 e. The van der Waals surface area contributed by atoms with Crippen LogP contribution in [0.25, 0.3) is 16.8 Å². The van der Waals surface area contributed by atoms with E-state index in [-0.39, 0.29) is 17.7 Å². The van der Waals surface area contributed by atoms with E-state index < -0.39 is 18.0 Å². The van der Waals surface area contributed by atoms with Gasteiger partial charge in [0.05, 0.1) is 35.1 Å². The molecule has 0 spiro atoms. The van der Waals surface area contributed by atoms with Gasteiger partial charge in [-0.1, -0.05) is 67.1 Å². The van der Waals surface area contributed by atoms with Crippen LogP contribution < -0.4 is 19.6 Å². The zero-order valence-electron chi connectivity index (χ0n) is 22.3. The summed E-state index contributed by atoms with van der Waals surface area (Å²) in [6.07, 6.45) is 2.98. The zero-order chi connectivity index (χ0) is 28.4. The van der Waals surface area contributed by atoms with Gasteiger partial charge >= 0.3 is 11.9 Å². The lowest BCUT2D eigenvalue weighted by atomic mass is 9.90. The van der Waals surface area contributed by atoms with Crippen LogP contribution in [0.3, 0.4) is 0 Å². The summed E-state index contributed by atoms with van der Waals surface area (Å²) in [4.78, 5) is 44.2. The molecular formula is C31H28N2O6S. The molecule has 0 radical (unpaired) electrons. The van der Waals surface area contributed by atoms with Gasteiger partial charge < -0.3 is 14.6 Å². The summed E-state index contributed by atoms with van der Waals surface area (Å²) in [6.45, 7) is 3.93. The molecule has 0 saturated heterocycles. The highest BCUT2D eigenvalue weighted by molar-refractivity contribution is 7.07. The standard InChI is InChI=1S/C31H28N2O6S/c1-4-8-22-26(30(37)39-5-2)27(25-21-10-7-6-9-19(21)15-16-23(25)38-3)33-28(34)24(40-31(33)32-22)17-18-11-13-20(14-12-18)29(35)36/h6-7,9-17,27H,4-5,8H2,1-3H3,(H,35,36)/b24-17-/t27-/m0/s1. The molecule has 40 heavy (non-hydrogen) atoms. The van der Waals surface area contributed by atoms with Gasteiger partial charge in [0.1, 0.15) is 11.8 Å². The summed E-state index contributed by atoms with van der Waals surface area (Å²) in [7, 11) is 1.57. The number of ether oxygens (including phenoxy) is 2. The quantitative estimate of drug-likeness (QED) is 0.322. The van der Waals surface area contributed by atoms with Gasteiger partial charge in [-0.3, -0.25) is 9.36 Å². The summed E-state index contributed by atoms with van der Waals surface area (Å²) >= 11 is 1.23. The molecule has 1 N–H and O–H groups in total. The Morgan fingerprint density at radius 2 is 1.82 bits per heavy atom. The van der Waals surface area contributed by atoms with Crippen LogP contribution in [0.1, 0.15) is 54.2 Å². The molecule has 1 aromatic heterocycles. The number of carbonyl (C=O) groups is 2. The van der Waals surface area contributed by atoms with Gasteiger partial charge in [0.2, 0.25) is 0 Å². The minimum Gasteiger partial charge on any atom is -0.496 e. The summed E-state index contributed by atoms with van der Waals surface area (Å²) in [5.41, 5.74) is 2.11. The van der Waals surface area contributed by atoms with Crippen LogP contribution in [-0.2, 0) is 9.53 Å². The number of hydrogen-bond acceptors (Lipinski definition) is 7. The van der Waals surface area contributed by atoms with Gasteiger partial charge in [0.15, 0.2) is 4.80 Å². The highest BCUT2D eigenvalue weighted by Gasteiger charge is 2.37. The molecule has 0 fully saturated rings. The van der Waals surface area contributed by atoms with Crippen molar-refractivity contribution in [3.8, 4) is 5.75 Å². The fourth-order valence-corrected chi connectivity index (χ4v) is 6.02. The lowest BCUT2D eigenvalue weighted by molar-refractivity contribution is -0.139. The predicted molar refractivity (Wildman–Crippen MR) is 154 cm³/mol. The number of nitrogens with zero attached hydrogens (tertiary/aromatic N) is 2. The normalized spacial score (nSPS) is 15.1. The number of carboxylic acids is 1. The first-order valence-corrected chi connectivity index (χ1v) is 13.8. The summed E-state index contributed by atoms with van der Waals surface area (Å²) in [5.74, 6) is -1.000. The molecule has 4 aromatic rings. The second kappa shape index (κ2) is 11.3. The molecule has 0 unspecified atom stereocenters. The summed E-state index contributed by atoms with van der Waals surface area (Å²) in [6, 6.07) is 17.0. The Morgan fingerprint density at radius 1 is 1.07 bits per heavy atom. The molecule has 1 aliphatic heterocycles. The molecule has 204 valence electrons. The number of allylic oxidation sites excluding steroid dienone is 1. The number of methoxy groups -OCH3 is 1. The molecule has 0 aliphatic carbocycles. The minimum absolute atomic E-state index is 0.157. The lowest BCUT2D eigenvalue weighted by Crippen LogP contribution is -2.40. The van der Waals surface area contributed by atoms with Crippen LogP contribution in [0.4, 0.5) is 0 Å². The molecular weight excluding hydrogens is 528 g/mol. The fourth-order valence-electron chi connectivity index (χ4n) is 5.00. The first-order valence-electron chi connectivity index (χ1n) is 13.0. The van der Waals surface area contributed by atoms with E-state index in [4.69, 9.17) is 14.5 Å². The largest absolute Gasteiger partial charge is 0.496 e. The van der Waals surface area contributed by atoms with Gasteiger partial charge in [-0.25, -0.2) is 14.6 Å². The molecule has 5 rings (SSSR count). The molecule has 3 aromatic carbocycles. The van der Waals surface area contributed by atoms with E-state index in [2.05, 4.69) is 0 Å². The van der Waals surface area contributed by atoms with E-state index in [9.17, 15) is 19.5 Å². The molecule has 0 saturated carbocycles. The Hall–Kier alpha value is -4.50. The molecule has 8 nitrogen and oxygen atoms in total. The average molecular weight is 557 g/mol. The van der Waals surface area contributed by atoms with E-state index in [1.807, 2.05) is 43.3 Å². The lowest BCUT2D eigenvalue weighted by Gasteiger charge is -2.28. The SMILES string of the molecule is CCCC1=C(C(=O)OCC)[C@H](c2c(OC)ccc3ccccc23)n2c(s/c(=C\c3ccc(C(=O)O)cc3)c2=O)=N1. The Balaban J connectivity index is 1.84. The molecule has 2 heterocycles. The van der Waals surface area contributed by atoms with Gasteiger partial charge in [-0.05, 0) is 54.0 Å². The van der Waals surface area contributed by atoms with Crippen molar-refractivity contribution in [2.75, 3.05) is 13.7 Å². The monoisotopic (exact) mass is 556 g/mol. The van der Waals surface area contributed by atoms with Crippen LogP contribution >= 0.6 is 11.3 Å². The number of benzene rings is 3. The number of aromatic carboxylic acids is 1.